The molecule has 0 aliphatic carbocycles. The lowest BCUT2D eigenvalue weighted by Gasteiger charge is -2.35. The van der Waals surface area contributed by atoms with Crippen molar-refractivity contribution in [3.05, 3.63) is 48.0 Å². The van der Waals surface area contributed by atoms with Crippen LogP contribution < -0.4 is 11.1 Å². The molecule has 3 rings (SSSR count). The van der Waals surface area contributed by atoms with Gasteiger partial charge in [-0.15, -0.1) is 0 Å². The molecule has 1 aliphatic rings. The van der Waals surface area contributed by atoms with Gasteiger partial charge < -0.3 is 25.8 Å². The summed E-state index contributed by atoms with van der Waals surface area (Å²) >= 11 is 0. The molecule has 4 N–H and O–H groups in total. The Kier molecular flexibility index (Phi) is 6.68. The molecule has 184 valence electrons. The number of amides is 3. The number of benzene rings is 2. The zero-order valence-corrected chi connectivity index (χ0v) is 20.7. The highest BCUT2D eigenvalue weighted by Crippen LogP contribution is 2.38. The molecule has 3 atom stereocenters. The number of β-amino-alcohol motifs (C(OH)–C–C–N with tert-alkyl or cyclic N) is 1. The Hall–Kier alpha value is -3.13. The fourth-order valence-corrected chi connectivity index (χ4v) is 4.30. The second-order valence-corrected chi connectivity index (χ2v) is 11.1. The summed E-state index contributed by atoms with van der Waals surface area (Å²) in [7, 11) is 0. The van der Waals surface area contributed by atoms with Gasteiger partial charge in [0.2, 0.25) is 11.8 Å². The van der Waals surface area contributed by atoms with Crippen molar-refractivity contribution in [1.82, 2.24) is 10.2 Å². The highest BCUT2D eigenvalue weighted by atomic mass is 16.6. The van der Waals surface area contributed by atoms with Crippen molar-refractivity contribution in [2.75, 3.05) is 6.54 Å². The molecule has 2 aromatic carbocycles. The van der Waals surface area contributed by atoms with E-state index in [9.17, 15) is 19.5 Å². The minimum atomic E-state index is -1.46. The molecular weight excluding hydrogens is 434 g/mol. The molecule has 1 unspecified atom stereocenters. The number of fused-ring (bicyclic) bond motifs is 1. The molecule has 8 heteroatoms. The van der Waals surface area contributed by atoms with Gasteiger partial charge in [-0.2, -0.15) is 0 Å². The van der Waals surface area contributed by atoms with Crippen molar-refractivity contribution in [1.29, 1.82) is 0 Å². The van der Waals surface area contributed by atoms with Crippen LogP contribution in [0, 0.1) is 5.41 Å². The van der Waals surface area contributed by atoms with Gasteiger partial charge in [-0.05, 0) is 48.6 Å². The van der Waals surface area contributed by atoms with Gasteiger partial charge >= 0.3 is 6.09 Å². The third-order valence-corrected chi connectivity index (χ3v) is 6.01. The number of carbonyl (C=O) groups is 3. The van der Waals surface area contributed by atoms with Gasteiger partial charge in [0.25, 0.3) is 0 Å². The predicted molar refractivity (Wildman–Crippen MR) is 130 cm³/mol. The fourth-order valence-electron chi connectivity index (χ4n) is 4.30. The first-order valence-corrected chi connectivity index (χ1v) is 11.4. The Bertz CT molecular complexity index is 1100. The van der Waals surface area contributed by atoms with Gasteiger partial charge in [0.15, 0.2) is 0 Å². The Labute approximate surface area is 200 Å². The van der Waals surface area contributed by atoms with Crippen LogP contribution in [0.15, 0.2) is 42.5 Å². The van der Waals surface area contributed by atoms with Gasteiger partial charge in [-0.25, -0.2) is 4.79 Å². The van der Waals surface area contributed by atoms with Crippen LogP contribution in [0.1, 0.15) is 53.5 Å². The third-order valence-electron chi connectivity index (χ3n) is 6.01. The fraction of sp³-hybridized carbons (Fsp3) is 0.500. The van der Waals surface area contributed by atoms with Crippen LogP contribution in [-0.2, 0) is 19.9 Å². The van der Waals surface area contributed by atoms with Crippen molar-refractivity contribution in [3.8, 4) is 0 Å². The number of rotatable bonds is 4. The van der Waals surface area contributed by atoms with E-state index in [1.165, 1.54) is 4.90 Å². The molecule has 1 saturated heterocycles. The molecular formula is C26H35N3O5. The van der Waals surface area contributed by atoms with Gasteiger partial charge in [-0.1, -0.05) is 57.2 Å². The number of nitrogens with one attached hydrogen (secondary N) is 1. The van der Waals surface area contributed by atoms with Gasteiger partial charge in [0.05, 0.1) is 6.54 Å². The summed E-state index contributed by atoms with van der Waals surface area (Å²) in [5.41, 5.74) is 3.35. The topological polar surface area (TPSA) is 122 Å². The normalized spacial score (nSPS) is 21.9. The van der Waals surface area contributed by atoms with Gasteiger partial charge in [0.1, 0.15) is 23.3 Å². The minimum Gasteiger partial charge on any atom is -0.444 e. The van der Waals surface area contributed by atoms with E-state index in [1.807, 2.05) is 36.4 Å². The number of likely N-dealkylation sites (tertiary alicyclic amines) is 1. The summed E-state index contributed by atoms with van der Waals surface area (Å²) < 4.78 is 5.34. The highest BCUT2D eigenvalue weighted by Gasteiger charge is 2.51. The summed E-state index contributed by atoms with van der Waals surface area (Å²) in [5.74, 6) is -1.21. The summed E-state index contributed by atoms with van der Waals surface area (Å²) in [6, 6.07) is 11.3. The number of alkyl carbamates (subject to hydrolysis) is 1. The van der Waals surface area contributed by atoms with E-state index in [0.29, 0.717) is 5.56 Å². The maximum absolute atomic E-state index is 13.7. The Balaban J connectivity index is 1.92. The zero-order chi connectivity index (χ0) is 25.5. The lowest BCUT2D eigenvalue weighted by atomic mass is 9.85. The maximum atomic E-state index is 13.7. The van der Waals surface area contributed by atoms with Crippen molar-refractivity contribution in [3.63, 3.8) is 0 Å². The number of carbonyl (C=O) groups excluding carboxylic acids is 3. The first kappa shape index (κ1) is 25.5. The van der Waals surface area contributed by atoms with E-state index >= 15 is 0 Å². The third kappa shape index (κ3) is 5.50. The molecule has 8 nitrogen and oxygen atoms in total. The first-order valence-electron chi connectivity index (χ1n) is 11.4. The molecule has 3 amide bonds. The molecule has 1 aliphatic heterocycles. The number of nitrogens with zero attached hydrogens (tertiary/aromatic N) is 1. The van der Waals surface area contributed by atoms with E-state index in [0.717, 1.165) is 10.8 Å². The summed E-state index contributed by atoms with van der Waals surface area (Å²) in [4.78, 5) is 39.8. The van der Waals surface area contributed by atoms with Crippen LogP contribution in [0.2, 0.25) is 0 Å². The molecule has 0 spiro atoms. The monoisotopic (exact) mass is 469 g/mol. The Morgan fingerprint density at radius 2 is 1.71 bits per heavy atom. The Morgan fingerprint density at radius 3 is 2.26 bits per heavy atom. The van der Waals surface area contributed by atoms with Crippen molar-refractivity contribution in [2.45, 2.75) is 71.2 Å². The van der Waals surface area contributed by atoms with E-state index in [2.05, 4.69) is 5.32 Å². The Morgan fingerprint density at radius 1 is 1.09 bits per heavy atom. The summed E-state index contributed by atoms with van der Waals surface area (Å²) in [5, 5.41) is 16.2. The molecule has 0 radical (unpaired) electrons. The first-order chi connectivity index (χ1) is 15.6. The maximum Gasteiger partial charge on any atom is 0.408 e. The summed E-state index contributed by atoms with van der Waals surface area (Å²) in [6.45, 7) is 10.5. The van der Waals surface area contributed by atoms with Crippen LogP contribution in [-0.4, -0.2) is 52.1 Å². The lowest BCUT2D eigenvalue weighted by Crippen LogP contribution is -2.58. The van der Waals surface area contributed by atoms with E-state index in [4.69, 9.17) is 10.5 Å². The zero-order valence-electron chi connectivity index (χ0n) is 20.7. The second kappa shape index (κ2) is 8.91. The number of ether oxygens (including phenoxy) is 1. The predicted octanol–water partition coefficient (Wildman–Crippen LogP) is 3.05. The largest absolute Gasteiger partial charge is 0.444 e. The average Bonchev–Trinajstić information content (AvgIpc) is 3.08. The SMILES string of the molecule is CC(C)(C)OC(=O)NC(C(=O)N1C[C@](O)(c2ccc3ccccc3c2)C[C@H]1C(N)=O)C(C)(C)C. The van der Waals surface area contributed by atoms with Crippen molar-refractivity contribution in [2.24, 2.45) is 11.1 Å². The molecule has 0 bridgehead atoms. The number of hydrogen-bond donors (Lipinski definition) is 3. The minimum absolute atomic E-state index is 0.0320. The van der Waals surface area contributed by atoms with Crippen LogP contribution in [0.5, 0.6) is 0 Å². The number of hydrogen-bond acceptors (Lipinski definition) is 5. The van der Waals surface area contributed by atoms with Crippen molar-refractivity contribution >= 4 is 28.7 Å². The number of nitrogens with two attached hydrogens (primary N) is 1. The smallest absolute Gasteiger partial charge is 0.408 e. The van der Waals surface area contributed by atoms with E-state index in [1.54, 1.807) is 47.6 Å². The molecule has 0 saturated carbocycles. The van der Waals surface area contributed by atoms with Crippen LogP contribution in [0.25, 0.3) is 10.8 Å². The number of primary amides is 1. The van der Waals surface area contributed by atoms with Crippen molar-refractivity contribution < 1.29 is 24.2 Å². The van der Waals surface area contributed by atoms with E-state index in [-0.39, 0.29) is 13.0 Å². The standard InChI is InChI=1S/C26H35N3O5/c1-24(2,3)20(28-23(32)34-25(4,5)6)22(31)29-15-26(33,14-19(29)21(27)30)18-12-11-16-9-7-8-10-17(16)13-18/h7-13,19-20,33H,14-15H2,1-6H3,(H2,27,30)(H,28,32)/t19-,20?,26-/m0/s1. The summed E-state index contributed by atoms with van der Waals surface area (Å²) in [6.07, 6.45) is -0.768. The number of aliphatic hydroxyl groups is 1. The molecule has 0 aromatic heterocycles. The van der Waals surface area contributed by atoms with Crippen LogP contribution in [0.3, 0.4) is 0 Å². The molecule has 1 fully saturated rings. The second-order valence-electron chi connectivity index (χ2n) is 11.1. The lowest BCUT2D eigenvalue weighted by molar-refractivity contribution is -0.141. The average molecular weight is 470 g/mol. The molecule has 34 heavy (non-hydrogen) atoms. The molecule has 2 aromatic rings. The van der Waals surface area contributed by atoms with Crippen LogP contribution >= 0.6 is 0 Å². The quantitative estimate of drug-likeness (QED) is 0.635. The van der Waals surface area contributed by atoms with Gasteiger partial charge in [-0.3, -0.25) is 9.59 Å². The highest BCUT2D eigenvalue weighted by molar-refractivity contribution is 5.92. The van der Waals surface area contributed by atoms with Crippen LogP contribution in [0.4, 0.5) is 4.79 Å². The van der Waals surface area contributed by atoms with Gasteiger partial charge in [0, 0.05) is 6.42 Å². The molecule has 1 heterocycles. The van der Waals surface area contributed by atoms with E-state index < -0.39 is 46.6 Å².